The first kappa shape index (κ1) is 26.9. The van der Waals surface area contributed by atoms with Crippen LogP contribution in [0, 0.1) is 56.7 Å². The zero-order valence-corrected chi connectivity index (χ0v) is 25.6. The Morgan fingerprint density at radius 1 is 1.00 bits per heavy atom. The van der Waals surface area contributed by atoms with E-state index in [0.29, 0.717) is 41.3 Å². The summed E-state index contributed by atoms with van der Waals surface area (Å²) in [6.45, 7) is 17.1. The highest BCUT2D eigenvalue weighted by Gasteiger charge is 2.70. The largest absolute Gasteiger partial charge is 0.469 e. The summed E-state index contributed by atoms with van der Waals surface area (Å²) < 4.78 is 5.16. The van der Waals surface area contributed by atoms with Gasteiger partial charge >= 0.3 is 5.97 Å². The number of ketones is 1. The molecule has 5 aliphatic carbocycles. The van der Waals surface area contributed by atoms with Crippen molar-refractivity contribution >= 4 is 27.7 Å². The number of fused-ring (bicyclic) bond motifs is 7. The molecule has 0 spiro atoms. The van der Waals surface area contributed by atoms with Crippen molar-refractivity contribution in [1.82, 2.24) is 0 Å². The molecule has 0 heterocycles. The number of rotatable bonds is 2. The number of methoxy groups -OCH3 is 1. The molecule has 0 amide bonds. The van der Waals surface area contributed by atoms with E-state index in [1.807, 2.05) is 0 Å². The summed E-state index contributed by atoms with van der Waals surface area (Å²) in [5, 5.41) is 0. The molecular formula is C32H49BrO3. The molecule has 11 atom stereocenters. The van der Waals surface area contributed by atoms with Crippen molar-refractivity contribution < 1.29 is 14.3 Å². The van der Waals surface area contributed by atoms with Crippen LogP contribution in [0.3, 0.4) is 0 Å². The van der Waals surface area contributed by atoms with Gasteiger partial charge in [0.2, 0.25) is 0 Å². The Balaban J connectivity index is 1.61. The lowest BCUT2D eigenvalue weighted by Gasteiger charge is -2.71. The van der Waals surface area contributed by atoms with Crippen LogP contribution in [0.4, 0.5) is 0 Å². The summed E-state index contributed by atoms with van der Waals surface area (Å²) in [6.07, 6.45) is 11.9. The van der Waals surface area contributed by atoms with Gasteiger partial charge in [-0.15, -0.1) is 0 Å². The first-order valence-electron chi connectivity index (χ1n) is 14.6. The number of carbonyl (C=O) groups excluding carboxylic acids is 2. The molecule has 36 heavy (non-hydrogen) atoms. The van der Waals surface area contributed by atoms with Crippen LogP contribution in [0.5, 0.6) is 0 Å². The van der Waals surface area contributed by atoms with Gasteiger partial charge < -0.3 is 4.74 Å². The predicted octanol–water partition coefficient (Wildman–Crippen LogP) is 8.15. The molecule has 0 aromatic rings. The SMILES string of the molecule is COC(=O)C[C@]1(C)C2CC[C@]3(C)C(C(=O)C=C4C5[C@@H](C)[C@H](C)CC[C@]5(C)CC[C@]43C)[C@@]2(C)CC[C@@H]1Br. The number of carbonyl (C=O) groups is 2. The van der Waals surface area contributed by atoms with Gasteiger partial charge in [-0.3, -0.25) is 9.59 Å². The van der Waals surface area contributed by atoms with E-state index in [1.165, 1.54) is 38.4 Å². The van der Waals surface area contributed by atoms with Gasteiger partial charge in [0.05, 0.1) is 13.5 Å². The molecule has 5 rings (SSSR count). The lowest BCUT2D eigenvalue weighted by molar-refractivity contribution is -0.188. The second-order valence-corrected chi connectivity index (χ2v) is 16.2. The number of hydrogen-bond acceptors (Lipinski definition) is 3. The third kappa shape index (κ3) is 3.33. The second kappa shape index (κ2) is 8.43. The third-order valence-corrected chi connectivity index (χ3v) is 15.1. The topological polar surface area (TPSA) is 43.4 Å². The zero-order chi connectivity index (χ0) is 26.5. The molecule has 3 nitrogen and oxygen atoms in total. The minimum Gasteiger partial charge on any atom is -0.469 e. The van der Waals surface area contributed by atoms with Crippen molar-refractivity contribution in [2.24, 2.45) is 56.7 Å². The quantitative estimate of drug-likeness (QED) is 0.252. The predicted molar refractivity (Wildman–Crippen MR) is 149 cm³/mol. The molecule has 4 saturated carbocycles. The zero-order valence-electron chi connectivity index (χ0n) is 24.0. The molecule has 0 bridgehead atoms. The molecule has 5 aliphatic rings. The number of allylic oxidation sites excluding steroid dienone is 2. The maximum absolute atomic E-state index is 14.4. The molecule has 4 fully saturated rings. The summed E-state index contributed by atoms with van der Waals surface area (Å²) in [5.74, 6) is 2.47. The highest BCUT2D eigenvalue weighted by Crippen LogP contribution is 2.75. The summed E-state index contributed by atoms with van der Waals surface area (Å²) in [5.41, 5.74) is 1.56. The van der Waals surface area contributed by atoms with Crippen LogP contribution in [0.2, 0.25) is 0 Å². The molecular weight excluding hydrogens is 512 g/mol. The molecule has 0 aliphatic heterocycles. The standard InChI is InChI=1S/C32H49BrO3/c1-19-9-12-28(3)15-16-31(6)21(26(28)20(19)2)17-22(34)27-29(4)13-11-24(33)30(5,18-25(35)36-8)23(29)10-14-32(27,31)7/h17,19-20,23-24,26-27H,9-16,18H2,1-8H3/t19-,20+,23?,24+,26?,27?,28-,29+,30-,31-,32-/m1/s1. The summed E-state index contributed by atoms with van der Waals surface area (Å²) in [4.78, 5) is 27.3. The number of hydrogen-bond donors (Lipinski definition) is 0. The normalized spacial score (nSPS) is 54.4. The lowest BCUT2D eigenvalue weighted by atomic mass is 9.33. The Labute approximate surface area is 228 Å². The molecule has 0 saturated heterocycles. The van der Waals surface area contributed by atoms with Gasteiger partial charge in [0.1, 0.15) is 0 Å². The second-order valence-electron chi connectivity index (χ2n) is 15.1. The van der Waals surface area contributed by atoms with Crippen molar-refractivity contribution in [3.8, 4) is 0 Å². The van der Waals surface area contributed by atoms with Crippen LogP contribution in [0.1, 0.15) is 106 Å². The van der Waals surface area contributed by atoms with Crippen LogP contribution >= 0.6 is 15.9 Å². The fourth-order valence-corrected chi connectivity index (χ4v) is 11.8. The molecule has 0 aromatic heterocycles. The number of esters is 1. The van der Waals surface area contributed by atoms with E-state index in [-0.39, 0.29) is 38.4 Å². The van der Waals surface area contributed by atoms with E-state index in [1.54, 1.807) is 0 Å². The Bertz CT molecular complexity index is 988. The van der Waals surface area contributed by atoms with Crippen molar-refractivity contribution in [2.75, 3.05) is 7.11 Å². The first-order chi connectivity index (χ1) is 16.7. The van der Waals surface area contributed by atoms with E-state index >= 15 is 0 Å². The van der Waals surface area contributed by atoms with E-state index in [0.717, 1.165) is 25.7 Å². The number of ether oxygens (including phenoxy) is 1. The fourth-order valence-electron chi connectivity index (χ4n) is 11.1. The van der Waals surface area contributed by atoms with Crippen molar-refractivity contribution in [2.45, 2.75) is 111 Å². The average Bonchev–Trinajstić information content (AvgIpc) is 2.81. The third-order valence-electron chi connectivity index (χ3n) is 13.6. The van der Waals surface area contributed by atoms with Gasteiger partial charge in [-0.1, -0.05) is 70.0 Å². The molecule has 0 radical (unpaired) electrons. The van der Waals surface area contributed by atoms with E-state index in [4.69, 9.17) is 4.74 Å². The van der Waals surface area contributed by atoms with Crippen LogP contribution in [-0.4, -0.2) is 23.7 Å². The maximum atomic E-state index is 14.4. The molecule has 0 N–H and O–H groups in total. The van der Waals surface area contributed by atoms with Crippen LogP contribution in [0.25, 0.3) is 0 Å². The van der Waals surface area contributed by atoms with E-state index in [9.17, 15) is 9.59 Å². The number of alkyl halides is 1. The Hall–Kier alpha value is -0.640. The van der Waals surface area contributed by atoms with Gasteiger partial charge in [0, 0.05) is 10.7 Å². The molecule has 4 heteroatoms. The Morgan fingerprint density at radius 3 is 2.36 bits per heavy atom. The van der Waals surface area contributed by atoms with E-state index in [2.05, 4.69) is 70.5 Å². The Morgan fingerprint density at radius 2 is 1.69 bits per heavy atom. The van der Waals surface area contributed by atoms with Gasteiger partial charge in [0.15, 0.2) is 5.78 Å². The van der Waals surface area contributed by atoms with Crippen molar-refractivity contribution in [3.63, 3.8) is 0 Å². The number of halogens is 1. The lowest BCUT2D eigenvalue weighted by Crippen LogP contribution is -2.66. The van der Waals surface area contributed by atoms with Gasteiger partial charge in [0.25, 0.3) is 0 Å². The highest BCUT2D eigenvalue weighted by atomic mass is 79.9. The van der Waals surface area contributed by atoms with Crippen LogP contribution < -0.4 is 0 Å². The first-order valence-corrected chi connectivity index (χ1v) is 15.6. The molecule has 202 valence electrons. The molecule has 0 aromatic carbocycles. The minimum atomic E-state index is -0.203. The highest BCUT2D eigenvalue weighted by molar-refractivity contribution is 9.09. The Kier molecular flexibility index (Phi) is 6.31. The van der Waals surface area contributed by atoms with Crippen LogP contribution in [0.15, 0.2) is 11.6 Å². The maximum Gasteiger partial charge on any atom is 0.306 e. The summed E-state index contributed by atoms with van der Waals surface area (Å²) >= 11 is 3.99. The summed E-state index contributed by atoms with van der Waals surface area (Å²) in [7, 11) is 1.50. The van der Waals surface area contributed by atoms with Gasteiger partial charge in [-0.25, -0.2) is 0 Å². The van der Waals surface area contributed by atoms with Crippen molar-refractivity contribution in [3.05, 3.63) is 11.6 Å². The summed E-state index contributed by atoms with van der Waals surface area (Å²) in [6, 6.07) is 0. The monoisotopic (exact) mass is 560 g/mol. The molecule has 3 unspecified atom stereocenters. The van der Waals surface area contributed by atoms with Crippen LogP contribution in [-0.2, 0) is 14.3 Å². The van der Waals surface area contributed by atoms with Crippen molar-refractivity contribution in [1.29, 1.82) is 0 Å². The van der Waals surface area contributed by atoms with E-state index < -0.39 is 0 Å². The smallest absolute Gasteiger partial charge is 0.306 e. The fraction of sp³-hybridized carbons (Fsp3) is 0.875. The van der Waals surface area contributed by atoms with Gasteiger partial charge in [-0.2, -0.15) is 0 Å². The average molecular weight is 562 g/mol. The minimum absolute atomic E-state index is 0.0233. The van der Waals surface area contributed by atoms with Gasteiger partial charge in [-0.05, 0) is 108 Å².